The number of ether oxygens (including phenoxy) is 1. The van der Waals surface area contributed by atoms with Crippen LogP contribution in [-0.4, -0.2) is 36.4 Å². The van der Waals surface area contributed by atoms with Crippen molar-refractivity contribution in [2.45, 2.75) is 46.3 Å². The molecule has 0 saturated heterocycles. The highest BCUT2D eigenvalue weighted by Gasteiger charge is 2.46. The van der Waals surface area contributed by atoms with Crippen molar-refractivity contribution < 1.29 is 14.6 Å². The molecule has 16 heavy (non-hydrogen) atoms. The first kappa shape index (κ1) is 13.5. The first-order valence-electron chi connectivity index (χ1n) is 5.97. The number of rotatable bonds is 5. The number of esters is 1. The predicted octanol–water partition coefficient (Wildman–Crippen LogP) is 0.935. The Morgan fingerprint density at radius 3 is 2.69 bits per heavy atom. The summed E-state index contributed by atoms with van der Waals surface area (Å²) in [7, 11) is 0. The Morgan fingerprint density at radius 1 is 1.62 bits per heavy atom. The van der Waals surface area contributed by atoms with Crippen LogP contribution in [-0.2, 0) is 9.53 Å². The van der Waals surface area contributed by atoms with Crippen molar-refractivity contribution >= 4 is 5.97 Å². The van der Waals surface area contributed by atoms with E-state index in [1.54, 1.807) is 0 Å². The van der Waals surface area contributed by atoms with Crippen LogP contribution in [0.2, 0.25) is 0 Å². The Hall–Kier alpha value is -0.610. The molecule has 0 aromatic heterocycles. The second-order valence-corrected chi connectivity index (χ2v) is 5.19. The summed E-state index contributed by atoms with van der Waals surface area (Å²) in [5, 5.41) is 12.9. The van der Waals surface area contributed by atoms with E-state index in [-0.39, 0.29) is 23.4 Å². The molecule has 1 saturated carbocycles. The van der Waals surface area contributed by atoms with Gasteiger partial charge < -0.3 is 15.2 Å². The minimum absolute atomic E-state index is 0.0889. The maximum Gasteiger partial charge on any atom is 0.309 e. The Labute approximate surface area is 97.4 Å². The van der Waals surface area contributed by atoms with E-state index in [0.717, 1.165) is 6.42 Å². The first-order chi connectivity index (χ1) is 7.39. The average molecular weight is 229 g/mol. The summed E-state index contributed by atoms with van der Waals surface area (Å²) < 4.78 is 4.93. The maximum absolute atomic E-state index is 11.4. The maximum atomic E-state index is 11.4. The zero-order valence-electron chi connectivity index (χ0n) is 10.6. The van der Waals surface area contributed by atoms with Gasteiger partial charge >= 0.3 is 5.97 Å². The quantitative estimate of drug-likeness (QED) is 0.689. The average Bonchev–Trinajstić information content (AvgIpc) is 2.23. The smallest absolute Gasteiger partial charge is 0.309 e. The fourth-order valence-corrected chi connectivity index (χ4v) is 1.94. The molecule has 0 amide bonds. The van der Waals surface area contributed by atoms with Crippen LogP contribution in [0.5, 0.6) is 0 Å². The number of hydrogen-bond acceptors (Lipinski definition) is 4. The Bertz CT molecular complexity index is 253. The predicted molar refractivity (Wildman–Crippen MR) is 62.0 cm³/mol. The molecule has 94 valence electrons. The van der Waals surface area contributed by atoms with Gasteiger partial charge in [-0.25, -0.2) is 0 Å². The van der Waals surface area contributed by atoms with Crippen molar-refractivity contribution in [1.29, 1.82) is 0 Å². The Morgan fingerprint density at radius 2 is 2.25 bits per heavy atom. The lowest BCUT2D eigenvalue weighted by atomic mass is 9.64. The summed E-state index contributed by atoms with van der Waals surface area (Å²) >= 11 is 0. The molecule has 0 radical (unpaired) electrons. The minimum atomic E-state index is -0.233. The Balaban J connectivity index is 2.28. The molecular weight excluding hydrogens is 206 g/mol. The molecule has 1 aliphatic carbocycles. The first-order valence-corrected chi connectivity index (χ1v) is 5.97. The molecular formula is C12H23NO3. The fraction of sp³-hybridized carbons (Fsp3) is 0.917. The van der Waals surface area contributed by atoms with Crippen LogP contribution < -0.4 is 5.32 Å². The van der Waals surface area contributed by atoms with E-state index < -0.39 is 0 Å². The monoisotopic (exact) mass is 229 g/mol. The highest BCUT2D eigenvalue weighted by molar-refractivity contribution is 5.72. The molecule has 0 aliphatic heterocycles. The van der Waals surface area contributed by atoms with Crippen LogP contribution in [0.3, 0.4) is 0 Å². The number of carbonyl (C=O) groups excluding carboxylic acids is 1. The van der Waals surface area contributed by atoms with E-state index in [1.165, 1.54) is 0 Å². The van der Waals surface area contributed by atoms with Crippen LogP contribution >= 0.6 is 0 Å². The molecule has 1 fully saturated rings. The fourth-order valence-electron chi connectivity index (χ4n) is 1.94. The van der Waals surface area contributed by atoms with Crippen molar-refractivity contribution in [1.82, 2.24) is 5.32 Å². The third-order valence-corrected chi connectivity index (χ3v) is 3.58. The summed E-state index contributed by atoms with van der Waals surface area (Å²) in [6, 6.07) is 0.291. The van der Waals surface area contributed by atoms with E-state index in [4.69, 9.17) is 4.74 Å². The molecule has 0 heterocycles. The minimum Gasteiger partial charge on any atom is -0.466 e. The highest BCUT2D eigenvalue weighted by atomic mass is 16.5. The second kappa shape index (κ2) is 5.15. The number of aliphatic hydroxyl groups is 1. The number of hydrogen-bond donors (Lipinski definition) is 2. The van der Waals surface area contributed by atoms with Crippen molar-refractivity contribution in [2.24, 2.45) is 11.3 Å². The van der Waals surface area contributed by atoms with Gasteiger partial charge in [0, 0.05) is 18.0 Å². The van der Waals surface area contributed by atoms with Gasteiger partial charge in [0.15, 0.2) is 0 Å². The molecule has 0 spiro atoms. The number of carbonyl (C=O) groups is 1. The van der Waals surface area contributed by atoms with Gasteiger partial charge in [-0.15, -0.1) is 0 Å². The zero-order valence-corrected chi connectivity index (χ0v) is 10.6. The van der Waals surface area contributed by atoms with Crippen LogP contribution in [0, 0.1) is 11.3 Å². The third-order valence-electron chi connectivity index (χ3n) is 3.58. The molecule has 1 rings (SSSR count). The van der Waals surface area contributed by atoms with E-state index in [0.29, 0.717) is 19.2 Å². The molecule has 1 aliphatic rings. The van der Waals surface area contributed by atoms with E-state index >= 15 is 0 Å². The molecule has 3 unspecified atom stereocenters. The molecule has 0 bridgehead atoms. The van der Waals surface area contributed by atoms with E-state index in [1.807, 2.05) is 27.7 Å². The van der Waals surface area contributed by atoms with Crippen LogP contribution in [0.15, 0.2) is 0 Å². The molecule has 3 atom stereocenters. The van der Waals surface area contributed by atoms with Crippen molar-refractivity contribution in [3.63, 3.8) is 0 Å². The molecule has 2 N–H and O–H groups in total. The highest BCUT2D eigenvalue weighted by Crippen LogP contribution is 2.40. The van der Waals surface area contributed by atoms with E-state index in [2.05, 4.69) is 5.32 Å². The van der Waals surface area contributed by atoms with Crippen molar-refractivity contribution in [3.8, 4) is 0 Å². The molecule has 0 aromatic rings. The Kier molecular flexibility index (Phi) is 4.33. The lowest BCUT2D eigenvalue weighted by molar-refractivity contribution is -0.147. The van der Waals surface area contributed by atoms with Gasteiger partial charge in [-0.2, -0.15) is 0 Å². The lowest BCUT2D eigenvalue weighted by Gasteiger charge is -2.50. The normalized spacial score (nSPS) is 29.3. The van der Waals surface area contributed by atoms with Gasteiger partial charge in [-0.3, -0.25) is 4.79 Å². The zero-order chi connectivity index (χ0) is 12.3. The number of nitrogens with one attached hydrogen (secondary N) is 1. The van der Waals surface area contributed by atoms with Crippen molar-refractivity contribution in [2.75, 3.05) is 13.2 Å². The second-order valence-electron chi connectivity index (χ2n) is 5.19. The van der Waals surface area contributed by atoms with E-state index in [9.17, 15) is 9.90 Å². The van der Waals surface area contributed by atoms with Gasteiger partial charge in [-0.1, -0.05) is 20.8 Å². The molecule has 0 aromatic carbocycles. The summed E-state index contributed by atoms with van der Waals surface area (Å²) in [4.78, 5) is 11.4. The van der Waals surface area contributed by atoms with Crippen LogP contribution in [0.4, 0.5) is 0 Å². The summed E-state index contributed by atoms with van der Waals surface area (Å²) in [5.41, 5.74) is -0.0889. The van der Waals surface area contributed by atoms with Gasteiger partial charge in [0.2, 0.25) is 0 Å². The SMILES string of the molecule is CCOC(=O)C(C)CNC1CC(O)C1(C)C. The van der Waals surface area contributed by atoms with Gasteiger partial charge in [0.05, 0.1) is 18.6 Å². The molecule has 4 heteroatoms. The summed E-state index contributed by atoms with van der Waals surface area (Å²) in [5.74, 6) is -0.291. The van der Waals surface area contributed by atoms with Crippen molar-refractivity contribution in [3.05, 3.63) is 0 Å². The standard InChI is InChI=1S/C12H23NO3/c1-5-16-11(15)8(2)7-13-9-6-10(14)12(9,3)4/h8-10,13-14H,5-7H2,1-4H3. The van der Waals surface area contributed by atoms with Gasteiger partial charge in [0.25, 0.3) is 0 Å². The topological polar surface area (TPSA) is 58.6 Å². The van der Waals surface area contributed by atoms with Crippen LogP contribution in [0.1, 0.15) is 34.1 Å². The summed E-state index contributed by atoms with van der Waals surface area (Å²) in [6.07, 6.45) is 0.533. The molecule has 4 nitrogen and oxygen atoms in total. The summed E-state index contributed by atoms with van der Waals surface area (Å²) in [6.45, 7) is 8.77. The van der Waals surface area contributed by atoms with Gasteiger partial charge in [0.1, 0.15) is 0 Å². The van der Waals surface area contributed by atoms with Gasteiger partial charge in [-0.05, 0) is 13.3 Å². The van der Waals surface area contributed by atoms with Crippen LogP contribution in [0.25, 0.3) is 0 Å². The number of aliphatic hydroxyl groups excluding tert-OH is 1. The largest absolute Gasteiger partial charge is 0.466 e. The third kappa shape index (κ3) is 2.74. The lowest BCUT2D eigenvalue weighted by Crippen LogP contribution is -2.60.